The van der Waals surface area contributed by atoms with Crippen LogP contribution in [0.5, 0.6) is 0 Å². The summed E-state index contributed by atoms with van der Waals surface area (Å²) in [5.41, 5.74) is -2.41. The fourth-order valence-corrected chi connectivity index (χ4v) is 8.20. The van der Waals surface area contributed by atoms with Crippen LogP contribution in [0.2, 0.25) is 0 Å². The summed E-state index contributed by atoms with van der Waals surface area (Å²) in [7, 11) is 0. The Bertz CT molecular complexity index is 531. The van der Waals surface area contributed by atoms with Crippen molar-refractivity contribution >= 4 is 0 Å². The van der Waals surface area contributed by atoms with Crippen molar-refractivity contribution in [3.63, 3.8) is 0 Å². The van der Waals surface area contributed by atoms with E-state index in [9.17, 15) is 15.3 Å². The molecule has 3 nitrogen and oxygen atoms in total. The molecule has 0 bridgehead atoms. The van der Waals surface area contributed by atoms with E-state index in [2.05, 4.69) is 6.92 Å². The molecular weight excluding hydrogens is 331 g/mol. The first-order chi connectivity index (χ1) is 12.2. The molecule has 4 saturated carbocycles. The maximum atomic E-state index is 15.2. The van der Waals surface area contributed by atoms with Gasteiger partial charge >= 0.3 is 0 Å². The van der Waals surface area contributed by atoms with Gasteiger partial charge in [0.1, 0.15) is 0 Å². The summed E-state index contributed by atoms with van der Waals surface area (Å²) < 4.78 is 15.2. The zero-order valence-corrected chi connectivity index (χ0v) is 16.5. The fraction of sp³-hybridized carbons (Fsp3) is 1.00. The van der Waals surface area contributed by atoms with Gasteiger partial charge in [0, 0.05) is 5.92 Å². The fourth-order valence-electron chi connectivity index (χ4n) is 8.20. The summed E-state index contributed by atoms with van der Waals surface area (Å²) >= 11 is 0. The van der Waals surface area contributed by atoms with Crippen LogP contribution in [-0.2, 0) is 0 Å². The van der Waals surface area contributed by atoms with Gasteiger partial charge in [-0.05, 0) is 99.7 Å². The zero-order chi connectivity index (χ0) is 18.7. The molecule has 0 unspecified atom stereocenters. The van der Waals surface area contributed by atoms with Gasteiger partial charge < -0.3 is 15.3 Å². The summed E-state index contributed by atoms with van der Waals surface area (Å²) in [6.07, 6.45) is 9.46. The van der Waals surface area contributed by atoms with Crippen molar-refractivity contribution in [2.24, 2.45) is 40.9 Å². The molecule has 4 aliphatic rings. The van der Waals surface area contributed by atoms with Gasteiger partial charge in [-0.15, -0.1) is 0 Å². The second-order valence-electron chi connectivity index (χ2n) is 10.7. The number of alkyl halides is 1. The van der Waals surface area contributed by atoms with Crippen LogP contribution in [0.4, 0.5) is 4.39 Å². The van der Waals surface area contributed by atoms with Gasteiger partial charge in [-0.2, -0.15) is 0 Å². The molecule has 0 heterocycles. The van der Waals surface area contributed by atoms with Gasteiger partial charge in [0.2, 0.25) is 0 Å². The monoisotopic (exact) mass is 368 g/mol. The van der Waals surface area contributed by atoms with Crippen molar-refractivity contribution in [1.82, 2.24) is 0 Å². The molecule has 0 aromatic carbocycles. The lowest BCUT2D eigenvalue weighted by atomic mass is 9.48. The summed E-state index contributed by atoms with van der Waals surface area (Å²) in [6.45, 7) is 3.11. The van der Waals surface area contributed by atoms with E-state index >= 15 is 4.39 Å². The van der Waals surface area contributed by atoms with Crippen molar-refractivity contribution < 1.29 is 19.7 Å². The van der Waals surface area contributed by atoms with E-state index in [1.54, 1.807) is 0 Å². The molecule has 0 aromatic rings. The van der Waals surface area contributed by atoms with Crippen molar-refractivity contribution in [2.75, 3.05) is 13.2 Å². The highest BCUT2D eigenvalue weighted by atomic mass is 19.1. The Morgan fingerprint density at radius 1 is 0.885 bits per heavy atom. The van der Waals surface area contributed by atoms with Crippen molar-refractivity contribution in [3.05, 3.63) is 0 Å². The first-order valence-electron chi connectivity index (χ1n) is 10.9. The van der Waals surface area contributed by atoms with E-state index in [0.717, 1.165) is 56.8 Å². The molecule has 26 heavy (non-hydrogen) atoms. The van der Waals surface area contributed by atoms with Crippen molar-refractivity contribution in [3.8, 4) is 0 Å². The van der Waals surface area contributed by atoms with E-state index in [1.807, 2.05) is 6.92 Å². The predicted octanol–water partition coefficient (Wildman–Crippen LogP) is 3.70. The lowest BCUT2D eigenvalue weighted by molar-refractivity contribution is -0.125. The molecule has 150 valence electrons. The molecule has 4 fully saturated rings. The predicted molar refractivity (Wildman–Crippen MR) is 99.2 cm³/mol. The molecule has 4 rings (SSSR count). The van der Waals surface area contributed by atoms with E-state index in [0.29, 0.717) is 17.8 Å². The Morgan fingerprint density at radius 2 is 1.58 bits per heavy atom. The van der Waals surface area contributed by atoms with E-state index in [-0.39, 0.29) is 11.3 Å². The van der Waals surface area contributed by atoms with Crippen LogP contribution >= 0.6 is 0 Å². The number of aliphatic hydroxyl groups excluding tert-OH is 2. The van der Waals surface area contributed by atoms with Gasteiger partial charge in [0.05, 0.1) is 18.8 Å². The minimum atomic E-state index is -1.84. The van der Waals surface area contributed by atoms with Crippen LogP contribution in [0, 0.1) is 40.9 Å². The third-order valence-corrected chi connectivity index (χ3v) is 9.39. The average Bonchev–Trinajstić information content (AvgIpc) is 2.97. The molecule has 0 spiro atoms. The average molecular weight is 369 g/mol. The van der Waals surface area contributed by atoms with Gasteiger partial charge in [-0.1, -0.05) is 6.92 Å². The second kappa shape index (κ2) is 6.42. The molecule has 0 radical (unpaired) electrons. The molecule has 0 amide bonds. The quantitative estimate of drug-likeness (QED) is 0.712. The minimum Gasteiger partial charge on any atom is -0.393 e. The summed E-state index contributed by atoms with van der Waals surface area (Å²) in [4.78, 5) is 0. The van der Waals surface area contributed by atoms with Crippen molar-refractivity contribution in [1.29, 1.82) is 0 Å². The van der Waals surface area contributed by atoms with Gasteiger partial charge in [0.25, 0.3) is 0 Å². The topological polar surface area (TPSA) is 60.7 Å². The maximum absolute atomic E-state index is 15.2. The van der Waals surface area contributed by atoms with E-state index in [1.165, 1.54) is 12.8 Å². The lowest BCUT2D eigenvalue weighted by Gasteiger charge is -2.57. The first kappa shape index (κ1) is 19.1. The lowest BCUT2D eigenvalue weighted by Crippen LogP contribution is -2.54. The number of aliphatic hydroxyl groups is 3. The molecule has 0 aromatic heterocycles. The molecular formula is C22H37FO3. The van der Waals surface area contributed by atoms with Crippen LogP contribution in [0.1, 0.15) is 71.6 Å². The van der Waals surface area contributed by atoms with E-state index in [4.69, 9.17) is 0 Å². The van der Waals surface area contributed by atoms with Gasteiger partial charge in [-0.3, -0.25) is 0 Å². The Labute approximate surface area is 157 Å². The third kappa shape index (κ3) is 2.78. The smallest absolute Gasteiger partial charge is 0.160 e. The molecule has 0 saturated heterocycles. The maximum Gasteiger partial charge on any atom is 0.160 e. The standard InChI is InChI=1S/C22H37FO3/c1-20(26)9-7-15-14(11-20)3-4-17-16(15)8-10-21(2)18(17)5-6-19(21)22(23,12-24)13-25/h14-19,24-26H,3-13H2,1-2H3/t14-,15+,16-,17-,18+,19+,20-,21+/m1/s1. The third-order valence-electron chi connectivity index (χ3n) is 9.39. The molecule has 3 N–H and O–H groups in total. The number of hydrogen-bond donors (Lipinski definition) is 3. The Kier molecular flexibility index (Phi) is 4.73. The molecule has 8 atom stereocenters. The van der Waals surface area contributed by atoms with Gasteiger partial charge in [-0.25, -0.2) is 4.39 Å². The molecule has 0 aliphatic heterocycles. The highest BCUT2D eigenvalue weighted by molar-refractivity contribution is 5.10. The van der Waals surface area contributed by atoms with Crippen molar-refractivity contribution in [2.45, 2.75) is 82.9 Å². The summed E-state index contributed by atoms with van der Waals surface area (Å²) in [5, 5.41) is 29.7. The minimum absolute atomic E-state index is 0.0889. The van der Waals surface area contributed by atoms with Gasteiger partial charge in [0.15, 0.2) is 5.67 Å². The normalized spacial score (nSPS) is 51.5. The number of hydrogen-bond acceptors (Lipinski definition) is 3. The summed E-state index contributed by atoms with van der Waals surface area (Å²) in [5.74, 6) is 3.12. The van der Waals surface area contributed by atoms with E-state index < -0.39 is 24.5 Å². The van der Waals surface area contributed by atoms with Crippen LogP contribution in [0.25, 0.3) is 0 Å². The number of rotatable bonds is 3. The number of halogens is 1. The molecule has 4 aliphatic carbocycles. The molecule has 4 heteroatoms. The largest absolute Gasteiger partial charge is 0.393 e. The highest BCUT2D eigenvalue weighted by Crippen LogP contribution is 2.66. The first-order valence-corrected chi connectivity index (χ1v) is 10.9. The number of fused-ring (bicyclic) bond motifs is 5. The Balaban J connectivity index is 1.55. The van der Waals surface area contributed by atoms with Crippen LogP contribution < -0.4 is 0 Å². The van der Waals surface area contributed by atoms with Crippen LogP contribution in [0.15, 0.2) is 0 Å². The Hall–Kier alpha value is -0.190. The Morgan fingerprint density at radius 3 is 2.27 bits per heavy atom. The summed E-state index contributed by atoms with van der Waals surface area (Å²) in [6, 6.07) is 0. The highest BCUT2D eigenvalue weighted by Gasteiger charge is 2.61. The van der Waals surface area contributed by atoms with Crippen LogP contribution in [0.3, 0.4) is 0 Å². The second-order valence-corrected chi connectivity index (χ2v) is 10.7. The SMILES string of the molecule is C[C@@]1(O)CC[C@H]2[C@H](CC[C@@H]3[C@@H]2CC[C@]2(C)[C@@H](C(F)(CO)CO)CC[C@@H]32)C1. The van der Waals surface area contributed by atoms with Crippen LogP contribution in [-0.4, -0.2) is 39.8 Å². The zero-order valence-electron chi connectivity index (χ0n) is 16.5.